The fourth-order valence-electron chi connectivity index (χ4n) is 2.23. The van der Waals surface area contributed by atoms with Gasteiger partial charge < -0.3 is 5.73 Å². The third-order valence-electron chi connectivity index (χ3n) is 3.33. The Labute approximate surface area is 119 Å². The van der Waals surface area contributed by atoms with Crippen molar-refractivity contribution in [2.45, 2.75) is 39.7 Å². The second-order valence-corrected chi connectivity index (χ2v) is 4.93. The average Bonchev–Trinajstić information content (AvgIpc) is 2.83. The molecule has 4 heteroatoms. The van der Waals surface area contributed by atoms with E-state index >= 15 is 0 Å². The van der Waals surface area contributed by atoms with Gasteiger partial charge in [0.15, 0.2) is 0 Å². The van der Waals surface area contributed by atoms with Gasteiger partial charge in [-0.3, -0.25) is 9.48 Å². The lowest BCUT2D eigenvalue weighted by Crippen LogP contribution is -2.11. The number of nitrogens with zero attached hydrogens (tertiary/aromatic N) is 2. The van der Waals surface area contributed by atoms with Crippen molar-refractivity contribution in [3.8, 4) is 0 Å². The minimum atomic E-state index is 0.201. The molecule has 1 aromatic carbocycles. The van der Waals surface area contributed by atoms with Gasteiger partial charge in [-0.1, -0.05) is 19.1 Å². The molecule has 20 heavy (non-hydrogen) atoms. The third kappa shape index (κ3) is 3.47. The lowest BCUT2D eigenvalue weighted by Gasteiger charge is -2.04. The van der Waals surface area contributed by atoms with Crippen LogP contribution in [-0.4, -0.2) is 15.6 Å². The van der Waals surface area contributed by atoms with Crippen LogP contribution >= 0.6 is 0 Å². The molecule has 2 aromatic rings. The standard InChI is InChI=1S/C16H21N3O/c1-3-14-10-15(19(4-2)18-14)11-16(20)9-12-5-7-13(17)8-6-12/h5-8,10H,3-4,9,11,17H2,1-2H3. The lowest BCUT2D eigenvalue weighted by atomic mass is 10.1. The first-order chi connectivity index (χ1) is 9.62. The predicted octanol–water partition coefficient (Wildman–Crippen LogP) is 2.40. The Hall–Kier alpha value is -2.10. The van der Waals surface area contributed by atoms with E-state index in [1.807, 2.05) is 41.9 Å². The van der Waals surface area contributed by atoms with Crippen LogP contribution in [-0.2, 0) is 30.6 Å². The van der Waals surface area contributed by atoms with Gasteiger partial charge in [-0.05, 0) is 37.1 Å². The third-order valence-corrected chi connectivity index (χ3v) is 3.33. The molecule has 0 unspecified atom stereocenters. The van der Waals surface area contributed by atoms with Gasteiger partial charge in [-0.2, -0.15) is 5.10 Å². The smallest absolute Gasteiger partial charge is 0.143 e. The summed E-state index contributed by atoms with van der Waals surface area (Å²) in [5, 5.41) is 4.47. The summed E-state index contributed by atoms with van der Waals surface area (Å²) in [6.45, 7) is 4.91. The summed E-state index contributed by atoms with van der Waals surface area (Å²) in [5.41, 5.74) is 9.41. The Morgan fingerprint density at radius 1 is 1.20 bits per heavy atom. The van der Waals surface area contributed by atoms with Gasteiger partial charge in [-0.15, -0.1) is 0 Å². The molecule has 0 fully saturated rings. The average molecular weight is 271 g/mol. The van der Waals surface area contributed by atoms with Gasteiger partial charge in [0.1, 0.15) is 5.78 Å². The number of Topliss-reactive ketones (excluding diaryl/α,β-unsaturated/α-hetero) is 1. The Kier molecular flexibility index (Phi) is 4.56. The van der Waals surface area contributed by atoms with Gasteiger partial charge >= 0.3 is 0 Å². The summed E-state index contributed by atoms with van der Waals surface area (Å²) in [7, 11) is 0. The van der Waals surface area contributed by atoms with Crippen molar-refractivity contribution in [1.82, 2.24) is 9.78 Å². The number of nitrogens with two attached hydrogens (primary N) is 1. The van der Waals surface area contributed by atoms with Crippen molar-refractivity contribution < 1.29 is 4.79 Å². The predicted molar refractivity (Wildman–Crippen MR) is 80.5 cm³/mol. The van der Waals surface area contributed by atoms with E-state index in [2.05, 4.69) is 12.0 Å². The van der Waals surface area contributed by atoms with E-state index in [1.54, 1.807) is 0 Å². The number of carbonyl (C=O) groups excluding carboxylic acids is 1. The van der Waals surface area contributed by atoms with Crippen LogP contribution in [0.25, 0.3) is 0 Å². The molecule has 0 saturated carbocycles. The van der Waals surface area contributed by atoms with Gasteiger partial charge in [0.2, 0.25) is 0 Å². The van der Waals surface area contributed by atoms with Gasteiger partial charge in [0.05, 0.1) is 5.69 Å². The molecule has 0 spiro atoms. The highest BCUT2D eigenvalue weighted by Crippen LogP contribution is 2.10. The molecule has 2 N–H and O–H groups in total. The summed E-state index contributed by atoms with van der Waals surface area (Å²) in [4.78, 5) is 12.2. The molecule has 4 nitrogen and oxygen atoms in total. The van der Waals surface area contributed by atoms with E-state index in [0.29, 0.717) is 12.8 Å². The molecule has 0 aliphatic rings. The summed E-state index contributed by atoms with van der Waals surface area (Å²) in [5.74, 6) is 0.201. The van der Waals surface area contributed by atoms with E-state index in [4.69, 9.17) is 5.73 Å². The molecule has 0 bridgehead atoms. The summed E-state index contributed by atoms with van der Waals surface area (Å²) in [6, 6.07) is 9.50. The molecule has 1 heterocycles. The normalized spacial score (nSPS) is 10.7. The Morgan fingerprint density at radius 2 is 1.90 bits per heavy atom. The molecule has 0 atom stereocenters. The Bertz CT molecular complexity index is 584. The van der Waals surface area contributed by atoms with E-state index < -0.39 is 0 Å². The Balaban J connectivity index is 2.04. The van der Waals surface area contributed by atoms with Crippen LogP contribution < -0.4 is 5.73 Å². The zero-order valence-electron chi connectivity index (χ0n) is 12.1. The molecule has 1 aromatic heterocycles. The number of rotatable bonds is 6. The fraction of sp³-hybridized carbons (Fsp3) is 0.375. The van der Waals surface area contributed by atoms with Crippen LogP contribution in [0.5, 0.6) is 0 Å². The zero-order valence-corrected chi connectivity index (χ0v) is 12.1. The monoisotopic (exact) mass is 271 g/mol. The van der Waals surface area contributed by atoms with E-state index in [9.17, 15) is 4.79 Å². The number of hydrogen-bond acceptors (Lipinski definition) is 3. The number of ketones is 1. The molecule has 0 radical (unpaired) electrons. The van der Waals surface area contributed by atoms with Gasteiger partial charge in [-0.25, -0.2) is 0 Å². The maximum absolute atomic E-state index is 12.2. The van der Waals surface area contributed by atoms with Crippen molar-refractivity contribution in [3.05, 3.63) is 47.3 Å². The van der Waals surface area contributed by atoms with Crippen LogP contribution in [0.4, 0.5) is 5.69 Å². The van der Waals surface area contributed by atoms with Crippen LogP contribution in [0.3, 0.4) is 0 Å². The van der Waals surface area contributed by atoms with Crippen LogP contribution in [0, 0.1) is 0 Å². The maximum atomic E-state index is 12.2. The highest BCUT2D eigenvalue weighted by molar-refractivity contribution is 5.82. The summed E-state index contributed by atoms with van der Waals surface area (Å²) in [6.07, 6.45) is 1.77. The minimum absolute atomic E-state index is 0.201. The number of aryl methyl sites for hydroxylation is 2. The first-order valence-corrected chi connectivity index (χ1v) is 7.04. The number of nitrogen functional groups attached to an aromatic ring is 1. The first-order valence-electron chi connectivity index (χ1n) is 7.04. The van der Waals surface area contributed by atoms with E-state index in [0.717, 1.165) is 35.6 Å². The molecule has 2 rings (SSSR count). The molecule has 0 amide bonds. The van der Waals surface area contributed by atoms with Crippen LogP contribution in [0.15, 0.2) is 30.3 Å². The van der Waals surface area contributed by atoms with Crippen molar-refractivity contribution >= 4 is 11.5 Å². The zero-order chi connectivity index (χ0) is 14.5. The maximum Gasteiger partial charge on any atom is 0.143 e. The molecular formula is C16H21N3O. The molecule has 0 aliphatic carbocycles. The first kappa shape index (κ1) is 14.3. The molecule has 0 saturated heterocycles. The van der Waals surface area contributed by atoms with Crippen molar-refractivity contribution in [1.29, 1.82) is 0 Å². The molecular weight excluding hydrogens is 250 g/mol. The van der Waals surface area contributed by atoms with Crippen molar-refractivity contribution in [2.24, 2.45) is 0 Å². The lowest BCUT2D eigenvalue weighted by molar-refractivity contribution is -0.117. The number of benzene rings is 1. The topological polar surface area (TPSA) is 60.9 Å². The number of anilines is 1. The van der Waals surface area contributed by atoms with Gasteiger partial charge in [0.25, 0.3) is 0 Å². The van der Waals surface area contributed by atoms with E-state index in [1.165, 1.54) is 0 Å². The highest BCUT2D eigenvalue weighted by atomic mass is 16.1. The van der Waals surface area contributed by atoms with Crippen LogP contribution in [0.2, 0.25) is 0 Å². The highest BCUT2D eigenvalue weighted by Gasteiger charge is 2.11. The van der Waals surface area contributed by atoms with Crippen molar-refractivity contribution in [2.75, 3.05) is 5.73 Å². The van der Waals surface area contributed by atoms with Crippen LogP contribution in [0.1, 0.15) is 30.8 Å². The largest absolute Gasteiger partial charge is 0.399 e. The second kappa shape index (κ2) is 6.37. The summed E-state index contributed by atoms with van der Waals surface area (Å²) >= 11 is 0. The van der Waals surface area contributed by atoms with E-state index in [-0.39, 0.29) is 5.78 Å². The minimum Gasteiger partial charge on any atom is -0.399 e. The second-order valence-electron chi connectivity index (χ2n) is 4.93. The summed E-state index contributed by atoms with van der Waals surface area (Å²) < 4.78 is 1.92. The molecule has 106 valence electrons. The fourth-order valence-corrected chi connectivity index (χ4v) is 2.23. The number of aromatic nitrogens is 2. The van der Waals surface area contributed by atoms with Crippen molar-refractivity contribution in [3.63, 3.8) is 0 Å². The Morgan fingerprint density at radius 3 is 2.50 bits per heavy atom. The number of hydrogen-bond donors (Lipinski definition) is 1. The van der Waals surface area contributed by atoms with Gasteiger partial charge in [0, 0.05) is 30.8 Å². The molecule has 0 aliphatic heterocycles. The number of carbonyl (C=O) groups is 1. The quantitative estimate of drug-likeness (QED) is 0.821. The SMILES string of the molecule is CCc1cc(CC(=O)Cc2ccc(N)cc2)n(CC)n1.